The van der Waals surface area contributed by atoms with E-state index in [4.69, 9.17) is 0 Å². The van der Waals surface area contributed by atoms with Gasteiger partial charge in [0.05, 0.1) is 6.04 Å². The third kappa shape index (κ3) is 2.71. The summed E-state index contributed by atoms with van der Waals surface area (Å²) < 4.78 is 0. The molecule has 1 aromatic rings. The van der Waals surface area contributed by atoms with Crippen molar-refractivity contribution in [2.45, 2.75) is 51.6 Å². The van der Waals surface area contributed by atoms with E-state index in [0.717, 1.165) is 25.4 Å². The quantitative estimate of drug-likeness (QED) is 0.918. The maximum Gasteiger partial charge on any atom is 0.110 e. The van der Waals surface area contributed by atoms with Gasteiger partial charge in [0.2, 0.25) is 0 Å². The van der Waals surface area contributed by atoms with Crippen LogP contribution in [0.3, 0.4) is 0 Å². The number of nitrogens with zero attached hydrogens (tertiary/aromatic N) is 2. The third-order valence-corrected chi connectivity index (χ3v) is 6.07. The van der Waals surface area contributed by atoms with E-state index in [1.54, 1.807) is 0 Å². The van der Waals surface area contributed by atoms with Gasteiger partial charge in [-0.1, -0.05) is 6.92 Å². The standard InChI is InChI=1S/C15H25N3S/c1-4-13-9-16-14(19-13)11(2)18-8-7-17-15(3,10-18)12-5-6-12/h9,11-12,17H,4-8,10H2,1-3H3. The van der Waals surface area contributed by atoms with Crippen LogP contribution in [0.15, 0.2) is 6.20 Å². The topological polar surface area (TPSA) is 28.2 Å². The van der Waals surface area contributed by atoms with E-state index in [9.17, 15) is 0 Å². The second-order valence-electron chi connectivity index (χ2n) is 6.28. The summed E-state index contributed by atoms with van der Waals surface area (Å²) in [4.78, 5) is 8.65. The van der Waals surface area contributed by atoms with Crippen LogP contribution in [0.5, 0.6) is 0 Å². The van der Waals surface area contributed by atoms with Crippen LogP contribution in [0.1, 0.15) is 49.5 Å². The summed E-state index contributed by atoms with van der Waals surface area (Å²) in [5.41, 5.74) is 0.331. The summed E-state index contributed by atoms with van der Waals surface area (Å²) in [7, 11) is 0. The van der Waals surface area contributed by atoms with Crippen molar-refractivity contribution < 1.29 is 0 Å². The minimum Gasteiger partial charge on any atom is -0.309 e. The fraction of sp³-hybridized carbons (Fsp3) is 0.800. The lowest BCUT2D eigenvalue weighted by Gasteiger charge is -2.44. The Hall–Kier alpha value is -0.450. The molecule has 0 spiro atoms. The summed E-state index contributed by atoms with van der Waals surface area (Å²) in [6, 6.07) is 0.463. The molecule has 1 aliphatic heterocycles. The lowest BCUT2D eigenvalue weighted by Crippen LogP contribution is -2.60. The van der Waals surface area contributed by atoms with Crippen molar-refractivity contribution in [2.75, 3.05) is 19.6 Å². The molecule has 2 heterocycles. The van der Waals surface area contributed by atoms with Crippen LogP contribution in [-0.4, -0.2) is 35.1 Å². The molecule has 1 aromatic heterocycles. The molecular formula is C15H25N3S. The molecule has 0 radical (unpaired) electrons. The lowest BCUT2D eigenvalue weighted by molar-refractivity contribution is 0.0945. The average molecular weight is 279 g/mol. The molecule has 3 rings (SSSR count). The summed E-state index contributed by atoms with van der Waals surface area (Å²) in [5, 5.41) is 5.04. The zero-order valence-corrected chi connectivity index (χ0v) is 13.1. The second-order valence-corrected chi connectivity index (χ2v) is 7.43. The molecule has 0 aromatic carbocycles. The molecule has 0 amide bonds. The van der Waals surface area contributed by atoms with Gasteiger partial charge in [0, 0.05) is 36.2 Å². The maximum atomic E-state index is 4.63. The number of nitrogens with one attached hydrogen (secondary N) is 1. The van der Waals surface area contributed by atoms with Gasteiger partial charge in [-0.2, -0.15) is 0 Å². The van der Waals surface area contributed by atoms with E-state index < -0.39 is 0 Å². The first-order valence-electron chi connectivity index (χ1n) is 7.56. The van der Waals surface area contributed by atoms with Gasteiger partial charge in [0.1, 0.15) is 5.01 Å². The number of thiazole rings is 1. The van der Waals surface area contributed by atoms with Crippen LogP contribution in [0.2, 0.25) is 0 Å². The lowest BCUT2D eigenvalue weighted by atomic mass is 9.92. The van der Waals surface area contributed by atoms with Gasteiger partial charge in [0.15, 0.2) is 0 Å². The predicted molar refractivity (Wildman–Crippen MR) is 80.6 cm³/mol. The van der Waals surface area contributed by atoms with Gasteiger partial charge < -0.3 is 5.32 Å². The van der Waals surface area contributed by atoms with Crippen molar-refractivity contribution in [2.24, 2.45) is 5.92 Å². The van der Waals surface area contributed by atoms with Crippen molar-refractivity contribution in [1.82, 2.24) is 15.2 Å². The van der Waals surface area contributed by atoms with Crippen molar-refractivity contribution in [3.63, 3.8) is 0 Å². The molecule has 1 aliphatic carbocycles. The van der Waals surface area contributed by atoms with Crippen LogP contribution >= 0.6 is 11.3 Å². The molecule has 2 atom stereocenters. The highest BCUT2D eigenvalue weighted by Crippen LogP contribution is 2.42. The van der Waals surface area contributed by atoms with Crippen molar-refractivity contribution >= 4 is 11.3 Å². The van der Waals surface area contributed by atoms with E-state index >= 15 is 0 Å². The zero-order chi connectivity index (χ0) is 13.5. The summed E-state index contributed by atoms with van der Waals surface area (Å²) in [6.07, 6.45) is 5.97. The van der Waals surface area contributed by atoms with E-state index in [1.165, 1.54) is 29.3 Å². The molecule has 2 aliphatic rings. The van der Waals surface area contributed by atoms with Crippen LogP contribution in [-0.2, 0) is 6.42 Å². The highest BCUT2D eigenvalue weighted by atomic mass is 32.1. The number of aromatic nitrogens is 1. The first-order valence-corrected chi connectivity index (χ1v) is 8.37. The monoisotopic (exact) mass is 279 g/mol. The van der Waals surface area contributed by atoms with Gasteiger partial charge in [-0.25, -0.2) is 4.98 Å². The molecule has 2 fully saturated rings. The Labute approximate surface area is 120 Å². The number of piperazine rings is 1. The van der Waals surface area contributed by atoms with Crippen molar-refractivity contribution in [3.05, 3.63) is 16.1 Å². The van der Waals surface area contributed by atoms with E-state index in [-0.39, 0.29) is 0 Å². The SMILES string of the molecule is CCc1cnc(C(C)N2CCNC(C)(C3CC3)C2)s1. The van der Waals surface area contributed by atoms with Crippen LogP contribution in [0.25, 0.3) is 0 Å². The molecule has 3 nitrogen and oxygen atoms in total. The Morgan fingerprint density at radius 2 is 2.37 bits per heavy atom. The Balaban J connectivity index is 1.70. The number of hydrogen-bond donors (Lipinski definition) is 1. The molecule has 106 valence electrons. The first-order chi connectivity index (χ1) is 9.12. The minimum absolute atomic E-state index is 0.331. The Morgan fingerprint density at radius 1 is 1.58 bits per heavy atom. The molecule has 1 saturated carbocycles. The zero-order valence-electron chi connectivity index (χ0n) is 12.3. The third-order valence-electron chi connectivity index (χ3n) is 4.76. The summed E-state index contributed by atoms with van der Waals surface area (Å²) >= 11 is 1.89. The van der Waals surface area contributed by atoms with Gasteiger partial charge >= 0.3 is 0 Å². The largest absolute Gasteiger partial charge is 0.309 e. The van der Waals surface area contributed by atoms with Crippen LogP contribution in [0, 0.1) is 5.92 Å². The average Bonchev–Trinajstić information content (AvgIpc) is 3.17. The van der Waals surface area contributed by atoms with E-state index in [0.29, 0.717) is 11.6 Å². The molecule has 0 bridgehead atoms. The summed E-state index contributed by atoms with van der Waals surface area (Å²) in [6.45, 7) is 10.4. The second kappa shape index (κ2) is 5.15. The maximum absolute atomic E-state index is 4.63. The van der Waals surface area contributed by atoms with E-state index in [2.05, 4.69) is 42.2 Å². The fourth-order valence-corrected chi connectivity index (χ4v) is 4.15. The van der Waals surface area contributed by atoms with Gasteiger partial charge in [-0.3, -0.25) is 4.90 Å². The minimum atomic E-state index is 0.331. The van der Waals surface area contributed by atoms with Crippen LogP contribution in [0.4, 0.5) is 0 Å². The number of rotatable bonds is 4. The molecular weight excluding hydrogens is 254 g/mol. The highest BCUT2D eigenvalue weighted by molar-refractivity contribution is 7.11. The number of aryl methyl sites for hydroxylation is 1. The fourth-order valence-electron chi connectivity index (χ4n) is 3.20. The predicted octanol–water partition coefficient (Wildman–Crippen LogP) is 2.84. The first kappa shape index (κ1) is 13.5. The molecule has 19 heavy (non-hydrogen) atoms. The van der Waals surface area contributed by atoms with Gasteiger partial charge in [-0.15, -0.1) is 11.3 Å². The molecule has 1 saturated heterocycles. The van der Waals surface area contributed by atoms with Gasteiger partial charge in [0.25, 0.3) is 0 Å². The van der Waals surface area contributed by atoms with Crippen molar-refractivity contribution in [3.8, 4) is 0 Å². The molecule has 1 N–H and O–H groups in total. The normalized spacial score (nSPS) is 30.5. The van der Waals surface area contributed by atoms with Crippen LogP contribution < -0.4 is 5.32 Å². The Kier molecular flexibility index (Phi) is 3.67. The van der Waals surface area contributed by atoms with Crippen molar-refractivity contribution in [1.29, 1.82) is 0 Å². The Bertz CT molecular complexity index is 440. The highest BCUT2D eigenvalue weighted by Gasteiger charge is 2.44. The molecule has 2 unspecified atom stereocenters. The number of hydrogen-bond acceptors (Lipinski definition) is 4. The smallest absolute Gasteiger partial charge is 0.110 e. The van der Waals surface area contributed by atoms with Gasteiger partial charge in [-0.05, 0) is 39.0 Å². The molecule has 4 heteroatoms. The van der Waals surface area contributed by atoms with E-state index in [1.807, 2.05) is 11.3 Å². The summed E-state index contributed by atoms with van der Waals surface area (Å²) in [5.74, 6) is 0.894. The Morgan fingerprint density at radius 3 is 3.00 bits per heavy atom.